The zero-order chi connectivity index (χ0) is 14.2. The standard InChI is InChI=1S/C12H15ClFNO3S/c1-8-7-18-9(2)6-15(8)19(16,17)12-4-3-10(14)5-11(12)13/h3-5,8-9H,6-7H2,1-2H3/t8-,9-/m1/s1. The molecule has 1 saturated heterocycles. The van der Waals surface area contributed by atoms with Crippen LogP contribution >= 0.6 is 11.6 Å². The van der Waals surface area contributed by atoms with E-state index in [1.807, 2.05) is 0 Å². The zero-order valence-electron chi connectivity index (χ0n) is 10.6. The Morgan fingerprint density at radius 2 is 2.11 bits per heavy atom. The molecule has 0 unspecified atom stereocenters. The van der Waals surface area contributed by atoms with Gasteiger partial charge in [0.25, 0.3) is 0 Å². The molecule has 0 bridgehead atoms. The van der Waals surface area contributed by atoms with Crippen molar-refractivity contribution in [3.63, 3.8) is 0 Å². The van der Waals surface area contributed by atoms with Crippen molar-refractivity contribution in [3.05, 3.63) is 29.0 Å². The Kier molecular flexibility index (Phi) is 4.15. The highest BCUT2D eigenvalue weighted by Gasteiger charge is 2.35. The van der Waals surface area contributed by atoms with Gasteiger partial charge in [-0.1, -0.05) is 11.6 Å². The zero-order valence-corrected chi connectivity index (χ0v) is 12.2. The van der Waals surface area contributed by atoms with Gasteiger partial charge in [0.05, 0.1) is 17.7 Å². The molecule has 0 radical (unpaired) electrons. The molecule has 1 heterocycles. The summed E-state index contributed by atoms with van der Waals surface area (Å²) in [6, 6.07) is 3.01. The van der Waals surface area contributed by atoms with Gasteiger partial charge in [0, 0.05) is 12.6 Å². The van der Waals surface area contributed by atoms with Gasteiger partial charge in [-0.25, -0.2) is 12.8 Å². The van der Waals surface area contributed by atoms with Crippen LogP contribution in [0.2, 0.25) is 5.02 Å². The number of hydrogen-bond donors (Lipinski definition) is 0. The van der Waals surface area contributed by atoms with Crippen molar-refractivity contribution in [2.45, 2.75) is 30.9 Å². The molecule has 1 aromatic carbocycles. The number of nitrogens with zero attached hydrogens (tertiary/aromatic N) is 1. The highest BCUT2D eigenvalue weighted by atomic mass is 35.5. The van der Waals surface area contributed by atoms with Crippen molar-refractivity contribution in [3.8, 4) is 0 Å². The fourth-order valence-electron chi connectivity index (χ4n) is 2.02. The Labute approximate surface area is 117 Å². The molecule has 0 saturated carbocycles. The maximum absolute atomic E-state index is 13.0. The normalized spacial score (nSPS) is 25.5. The molecule has 0 aromatic heterocycles. The number of halogens is 2. The quantitative estimate of drug-likeness (QED) is 0.842. The number of hydrogen-bond acceptors (Lipinski definition) is 3. The fraction of sp³-hybridized carbons (Fsp3) is 0.500. The van der Waals surface area contributed by atoms with Gasteiger partial charge in [0.15, 0.2) is 0 Å². The van der Waals surface area contributed by atoms with E-state index in [1.54, 1.807) is 13.8 Å². The lowest BCUT2D eigenvalue weighted by atomic mass is 10.2. The monoisotopic (exact) mass is 307 g/mol. The number of rotatable bonds is 2. The van der Waals surface area contributed by atoms with Crippen LogP contribution < -0.4 is 0 Å². The SMILES string of the molecule is C[C@@H]1CN(S(=O)(=O)c2ccc(F)cc2Cl)[C@H](C)CO1. The average molecular weight is 308 g/mol. The second-order valence-electron chi connectivity index (χ2n) is 4.64. The van der Waals surface area contributed by atoms with Crippen LogP contribution in [0.5, 0.6) is 0 Å². The van der Waals surface area contributed by atoms with Crippen LogP contribution in [0.4, 0.5) is 4.39 Å². The molecule has 2 rings (SSSR count). The second kappa shape index (κ2) is 5.36. The van der Waals surface area contributed by atoms with E-state index in [2.05, 4.69) is 0 Å². The van der Waals surface area contributed by atoms with Crippen LogP contribution in [-0.2, 0) is 14.8 Å². The minimum atomic E-state index is -3.74. The summed E-state index contributed by atoms with van der Waals surface area (Å²) in [4.78, 5) is -0.0727. The van der Waals surface area contributed by atoms with Gasteiger partial charge in [0.1, 0.15) is 10.7 Å². The van der Waals surface area contributed by atoms with Gasteiger partial charge in [-0.05, 0) is 32.0 Å². The summed E-state index contributed by atoms with van der Waals surface area (Å²) in [6.45, 7) is 4.16. The summed E-state index contributed by atoms with van der Waals surface area (Å²) in [6.07, 6.45) is -0.176. The average Bonchev–Trinajstić information content (AvgIpc) is 2.31. The molecule has 0 N–H and O–H groups in total. The molecule has 1 aromatic rings. The van der Waals surface area contributed by atoms with E-state index in [0.29, 0.717) is 6.61 Å². The van der Waals surface area contributed by atoms with Crippen LogP contribution in [0, 0.1) is 5.82 Å². The van der Waals surface area contributed by atoms with E-state index in [-0.39, 0.29) is 28.6 Å². The Hall–Kier alpha value is -0.690. The number of sulfonamides is 1. The van der Waals surface area contributed by atoms with Crippen LogP contribution in [-0.4, -0.2) is 38.0 Å². The minimum absolute atomic E-state index is 0.0727. The smallest absolute Gasteiger partial charge is 0.244 e. The third kappa shape index (κ3) is 2.91. The fourth-order valence-corrected chi connectivity index (χ4v) is 4.22. The first-order chi connectivity index (χ1) is 8.82. The molecule has 0 aliphatic carbocycles. The van der Waals surface area contributed by atoms with Crippen molar-refractivity contribution in [1.82, 2.24) is 4.31 Å². The molecule has 7 heteroatoms. The van der Waals surface area contributed by atoms with Gasteiger partial charge in [-0.3, -0.25) is 0 Å². The van der Waals surface area contributed by atoms with Crippen molar-refractivity contribution < 1.29 is 17.5 Å². The Morgan fingerprint density at radius 1 is 1.42 bits per heavy atom. The maximum atomic E-state index is 13.0. The molecule has 106 valence electrons. The van der Waals surface area contributed by atoms with Gasteiger partial charge in [-0.15, -0.1) is 0 Å². The number of morpholine rings is 1. The topological polar surface area (TPSA) is 46.6 Å². The molecule has 19 heavy (non-hydrogen) atoms. The summed E-state index contributed by atoms with van der Waals surface area (Å²) in [5, 5.41) is -0.105. The molecular weight excluding hydrogens is 293 g/mol. The summed E-state index contributed by atoms with van der Waals surface area (Å²) in [7, 11) is -3.74. The highest BCUT2D eigenvalue weighted by molar-refractivity contribution is 7.89. The van der Waals surface area contributed by atoms with E-state index >= 15 is 0 Å². The lowest BCUT2D eigenvalue weighted by Crippen LogP contribution is -2.50. The second-order valence-corrected chi connectivity index (χ2v) is 6.91. The van der Waals surface area contributed by atoms with Gasteiger partial charge >= 0.3 is 0 Å². The molecule has 1 aliphatic heterocycles. The summed E-state index contributed by atoms with van der Waals surface area (Å²) in [5.41, 5.74) is 0. The molecule has 4 nitrogen and oxygen atoms in total. The van der Waals surface area contributed by atoms with E-state index in [9.17, 15) is 12.8 Å². The van der Waals surface area contributed by atoms with Crippen molar-refractivity contribution >= 4 is 21.6 Å². The van der Waals surface area contributed by atoms with Gasteiger partial charge in [0.2, 0.25) is 10.0 Å². The first-order valence-corrected chi connectivity index (χ1v) is 7.72. The van der Waals surface area contributed by atoms with E-state index in [0.717, 1.165) is 12.1 Å². The van der Waals surface area contributed by atoms with Crippen molar-refractivity contribution in [2.75, 3.05) is 13.2 Å². The largest absolute Gasteiger partial charge is 0.375 e. The van der Waals surface area contributed by atoms with E-state index in [4.69, 9.17) is 16.3 Å². The molecular formula is C12H15ClFNO3S. The Bertz CT molecular complexity index is 578. The van der Waals surface area contributed by atoms with Gasteiger partial charge in [-0.2, -0.15) is 4.31 Å². The lowest BCUT2D eigenvalue weighted by Gasteiger charge is -2.35. The number of benzene rings is 1. The highest BCUT2D eigenvalue weighted by Crippen LogP contribution is 2.28. The molecule has 1 fully saturated rings. The molecule has 1 aliphatic rings. The molecule has 0 spiro atoms. The minimum Gasteiger partial charge on any atom is -0.375 e. The third-order valence-corrected chi connectivity index (χ3v) is 5.49. The predicted octanol–water partition coefficient (Wildman–Crippen LogP) is 2.28. The van der Waals surface area contributed by atoms with Crippen LogP contribution in [0.1, 0.15) is 13.8 Å². The molecule has 0 amide bonds. The third-order valence-electron chi connectivity index (χ3n) is 3.03. The lowest BCUT2D eigenvalue weighted by molar-refractivity contribution is -0.0170. The maximum Gasteiger partial charge on any atom is 0.244 e. The first kappa shape index (κ1) is 14.7. The predicted molar refractivity (Wildman–Crippen MR) is 70.2 cm³/mol. The van der Waals surface area contributed by atoms with Gasteiger partial charge < -0.3 is 4.74 Å². The first-order valence-electron chi connectivity index (χ1n) is 5.91. The summed E-state index contributed by atoms with van der Waals surface area (Å²) < 4.78 is 44.8. The summed E-state index contributed by atoms with van der Waals surface area (Å²) in [5.74, 6) is -0.563. The Morgan fingerprint density at radius 3 is 2.74 bits per heavy atom. The van der Waals surface area contributed by atoms with E-state index in [1.165, 1.54) is 10.4 Å². The van der Waals surface area contributed by atoms with E-state index < -0.39 is 15.8 Å². The summed E-state index contributed by atoms with van der Waals surface area (Å²) >= 11 is 5.84. The van der Waals surface area contributed by atoms with Crippen molar-refractivity contribution in [2.24, 2.45) is 0 Å². The van der Waals surface area contributed by atoms with Crippen LogP contribution in [0.3, 0.4) is 0 Å². The molecule has 2 atom stereocenters. The van der Waals surface area contributed by atoms with Crippen LogP contribution in [0.25, 0.3) is 0 Å². The Balaban J connectivity index is 2.41. The van der Waals surface area contributed by atoms with Crippen molar-refractivity contribution in [1.29, 1.82) is 0 Å². The number of ether oxygens (including phenoxy) is 1. The van der Waals surface area contributed by atoms with Crippen LogP contribution in [0.15, 0.2) is 23.1 Å².